The molecule has 0 atom stereocenters. The molecule has 84 valence electrons. The first kappa shape index (κ1) is 9.59. The van der Waals surface area contributed by atoms with E-state index in [9.17, 15) is 0 Å². The van der Waals surface area contributed by atoms with E-state index >= 15 is 0 Å². The first-order valence-corrected chi connectivity index (χ1v) is 5.59. The quantitative estimate of drug-likeness (QED) is 0.797. The van der Waals surface area contributed by atoms with Crippen LogP contribution in [-0.4, -0.2) is 29.1 Å². The van der Waals surface area contributed by atoms with Crippen molar-refractivity contribution in [3.63, 3.8) is 0 Å². The van der Waals surface area contributed by atoms with E-state index in [-0.39, 0.29) is 0 Å². The third-order valence-electron chi connectivity index (χ3n) is 2.94. The first-order chi connectivity index (χ1) is 7.93. The van der Waals surface area contributed by atoms with Crippen molar-refractivity contribution in [3.05, 3.63) is 18.7 Å². The Labute approximate surface area is 93.3 Å². The Morgan fingerprint density at radius 2 is 2.19 bits per heavy atom. The SMILES string of the molecule is c1cc(NC2CCNCC2)c2ncoc2n1. The zero-order valence-electron chi connectivity index (χ0n) is 8.94. The minimum atomic E-state index is 0.517. The van der Waals surface area contributed by atoms with Gasteiger partial charge in [-0.3, -0.25) is 0 Å². The van der Waals surface area contributed by atoms with Gasteiger partial charge in [-0.25, -0.2) is 9.97 Å². The van der Waals surface area contributed by atoms with E-state index in [0.29, 0.717) is 11.8 Å². The van der Waals surface area contributed by atoms with E-state index < -0.39 is 0 Å². The summed E-state index contributed by atoms with van der Waals surface area (Å²) in [5.41, 5.74) is 2.44. The molecule has 0 aliphatic carbocycles. The number of aromatic nitrogens is 2. The number of oxazole rings is 1. The second-order valence-electron chi connectivity index (χ2n) is 4.03. The van der Waals surface area contributed by atoms with Crippen molar-refractivity contribution in [2.24, 2.45) is 0 Å². The van der Waals surface area contributed by atoms with Crippen LogP contribution in [0.2, 0.25) is 0 Å². The Kier molecular flexibility index (Phi) is 2.46. The van der Waals surface area contributed by atoms with Gasteiger partial charge in [-0.2, -0.15) is 0 Å². The van der Waals surface area contributed by atoms with Crippen molar-refractivity contribution < 1.29 is 4.42 Å². The maximum absolute atomic E-state index is 5.17. The normalized spacial score (nSPS) is 17.8. The third kappa shape index (κ3) is 1.74. The number of hydrogen-bond donors (Lipinski definition) is 2. The van der Waals surface area contributed by atoms with Gasteiger partial charge < -0.3 is 15.1 Å². The average Bonchev–Trinajstić information content (AvgIpc) is 2.80. The van der Waals surface area contributed by atoms with Gasteiger partial charge in [-0.05, 0) is 32.0 Å². The van der Waals surface area contributed by atoms with Gasteiger partial charge in [0.05, 0.1) is 5.69 Å². The van der Waals surface area contributed by atoms with Gasteiger partial charge in [-0.1, -0.05) is 0 Å². The zero-order chi connectivity index (χ0) is 10.8. The zero-order valence-corrected chi connectivity index (χ0v) is 8.94. The van der Waals surface area contributed by atoms with Crippen LogP contribution in [-0.2, 0) is 0 Å². The van der Waals surface area contributed by atoms with Crippen molar-refractivity contribution in [1.29, 1.82) is 0 Å². The molecule has 1 fully saturated rings. The number of anilines is 1. The summed E-state index contributed by atoms with van der Waals surface area (Å²) in [7, 11) is 0. The molecule has 5 heteroatoms. The van der Waals surface area contributed by atoms with E-state index in [0.717, 1.165) is 37.1 Å². The molecule has 0 bridgehead atoms. The highest BCUT2D eigenvalue weighted by molar-refractivity contribution is 5.83. The van der Waals surface area contributed by atoms with Gasteiger partial charge in [0, 0.05) is 12.2 Å². The highest BCUT2D eigenvalue weighted by Crippen LogP contribution is 2.21. The molecule has 2 aromatic rings. The number of piperidine rings is 1. The molecule has 1 aliphatic rings. The fourth-order valence-electron chi connectivity index (χ4n) is 2.08. The number of rotatable bonds is 2. The largest absolute Gasteiger partial charge is 0.425 e. The average molecular weight is 218 g/mol. The molecule has 0 amide bonds. The molecule has 1 saturated heterocycles. The predicted molar refractivity (Wildman–Crippen MR) is 61.3 cm³/mol. The lowest BCUT2D eigenvalue weighted by atomic mass is 10.1. The molecule has 0 spiro atoms. The Morgan fingerprint density at radius 3 is 3.06 bits per heavy atom. The van der Waals surface area contributed by atoms with Crippen molar-refractivity contribution in [2.45, 2.75) is 18.9 Å². The van der Waals surface area contributed by atoms with Gasteiger partial charge in [0.2, 0.25) is 5.71 Å². The summed E-state index contributed by atoms with van der Waals surface area (Å²) in [6.07, 6.45) is 5.46. The number of fused-ring (bicyclic) bond motifs is 1. The summed E-state index contributed by atoms with van der Waals surface area (Å²) >= 11 is 0. The maximum atomic E-state index is 5.17. The molecule has 0 saturated carbocycles. The summed E-state index contributed by atoms with van der Waals surface area (Å²) in [5, 5.41) is 6.85. The van der Waals surface area contributed by atoms with Crippen LogP contribution in [0.15, 0.2) is 23.1 Å². The minimum absolute atomic E-state index is 0.517. The molecule has 0 aromatic carbocycles. The molecule has 0 unspecified atom stereocenters. The smallest absolute Gasteiger partial charge is 0.248 e. The van der Waals surface area contributed by atoms with Crippen molar-refractivity contribution in [3.8, 4) is 0 Å². The lowest BCUT2D eigenvalue weighted by Crippen LogP contribution is -2.35. The Hall–Kier alpha value is -1.62. The molecule has 2 aromatic heterocycles. The molecule has 0 radical (unpaired) electrons. The van der Waals surface area contributed by atoms with Crippen LogP contribution < -0.4 is 10.6 Å². The Balaban J connectivity index is 1.85. The summed E-state index contributed by atoms with van der Waals surface area (Å²) in [6.45, 7) is 2.15. The monoisotopic (exact) mass is 218 g/mol. The van der Waals surface area contributed by atoms with Gasteiger partial charge in [0.15, 0.2) is 11.9 Å². The van der Waals surface area contributed by atoms with E-state index in [1.165, 1.54) is 6.39 Å². The van der Waals surface area contributed by atoms with Gasteiger partial charge in [0.25, 0.3) is 0 Å². The van der Waals surface area contributed by atoms with Crippen LogP contribution in [0.25, 0.3) is 11.2 Å². The standard InChI is InChI=1S/C11H14N4O/c1-4-12-5-2-8(1)15-9-3-6-13-11-10(9)14-7-16-11/h3,6-8,12H,1-2,4-5H2,(H,13,15). The molecule has 1 aliphatic heterocycles. The number of hydrogen-bond acceptors (Lipinski definition) is 5. The summed E-state index contributed by atoms with van der Waals surface area (Å²) in [5.74, 6) is 0. The van der Waals surface area contributed by atoms with E-state index in [2.05, 4.69) is 20.6 Å². The highest BCUT2D eigenvalue weighted by atomic mass is 16.3. The lowest BCUT2D eigenvalue weighted by molar-refractivity contribution is 0.479. The fraction of sp³-hybridized carbons (Fsp3) is 0.455. The van der Waals surface area contributed by atoms with Crippen molar-refractivity contribution in [1.82, 2.24) is 15.3 Å². The van der Waals surface area contributed by atoms with Gasteiger partial charge in [-0.15, -0.1) is 0 Å². The molecular weight excluding hydrogens is 204 g/mol. The first-order valence-electron chi connectivity index (χ1n) is 5.59. The van der Waals surface area contributed by atoms with Crippen LogP contribution in [0.5, 0.6) is 0 Å². The number of pyridine rings is 1. The molecule has 3 heterocycles. The number of nitrogens with zero attached hydrogens (tertiary/aromatic N) is 2. The van der Waals surface area contributed by atoms with Crippen LogP contribution in [0.1, 0.15) is 12.8 Å². The maximum Gasteiger partial charge on any atom is 0.248 e. The second kappa shape index (κ2) is 4.09. The van der Waals surface area contributed by atoms with E-state index in [1.807, 2.05) is 6.07 Å². The van der Waals surface area contributed by atoms with Crippen LogP contribution in [0.3, 0.4) is 0 Å². The second-order valence-corrected chi connectivity index (χ2v) is 4.03. The van der Waals surface area contributed by atoms with Crippen LogP contribution in [0, 0.1) is 0 Å². The van der Waals surface area contributed by atoms with Gasteiger partial charge in [0.1, 0.15) is 0 Å². The number of nitrogens with one attached hydrogen (secondary N) is 2. The van der Waals surface area contributed by atoms with Crippen molar-refractivity contribution >= 4 is 16.9 Å². The minimum Gasteiger partial charge on any atom is -0.425 e. The molecule has 5 nitrogen and oxygen atoms in total. The summed E-state index contributed by atoms with van der Waals surface area (Å²) in [6, 6.07) is 2.47. The van der Waals surface area contributed by atoms with Gasteiger partial charge >= 0.3 is 0 Å². The fourth-order valence-corrected chi connectivity index (χ4v) is 2.08. The molecular formula is C11H14N4O. The Morgan fingerprint density at radius 1 is 1.31 bits per heavy atom. The highest BCUT2D eigenvalue weighted by Gasteiger charge is 2.14. The summed E-state index contributed by atoms with van der Waals surface area (Å²) < 4.78 is 5.17. The lowest BCUT2D eigenvalue weighted by Gasteiger charge is -2.24. The van der Waals surface area contributed by atoms with Crippen molar-refractivity contribution in [2.75, 3.05) is 18.4 Å². The Bertz CT molecular complexity index is 476. The van der Waals surface area contributed by atoms with Crippen LogP contribution in [0.4, 0.5) is 5.69 Å². The predicted octanol–water partition coefficient (Wildman–Crippen LogP) is 1.39. The van der Waals surface area contributed by atoms with E-state index in [4.69, 9.17) is 4.42 Å². The third-order valence-corrected chi connectivity index (χ3v) is 2.94. The topological polar surface area (TPSA) is 63.0 Å². The van der Waals surface area contributed by atoms with E-state index in [1.54, 1.807) is 6.20 Å². The van der Waals surface area contributed by atoms with Crippen LogP contribution >= 0.6 is 0 Å². The molecule has 2 N–H and O–H groups in total. The molecule has 16 heavy (non-hydrogen) atoms. The molecule has 3 rings (SSSR count). The summed E-state index contributed by atoms with van der Waals surface area (Å²) in [4.78, 5) is 8.29.